The van der Waals surface area contributed by atoms with E-state index in [0.29, 0.717) is 5.41 Å². The summed E-state index contributed by atoms with van der Waals surface area (Å²) in [6.07, 6.45) is 6.36. The molecular weight excluding hydrogens is 186 g/mol. The monoisotopic (exact) mass is 207 g/mol. The first-order chi connectivity index (χ1) is 6.89. The Morgan fingerprint density at radius 3 is 2.67 bits per heavy atom. The van der Waals surface area contributed by atoms with Crippen LogP contribution in [-0.2, 0) is 13.5 Å². The molecule has 1 heterocycles. The Labute approximate surface area is 91.7 Å². The molecule has 0 aliphatic heterocycles. The van der Waals surface area contributed by atoms with E-state index in [4.69, 9.17) is 5.73 Å². The van der Waals surface area contributed by atoms with Crippen LogP contribution in [0.2, 0.25) is 0 Å². The van der Waals surface area contributed by atoms with Gasteiger partial charge in [-0.2, -0.15) is 5.10 Å². The zero-order valence-electron chi connectivity index (χ0n) is 9.95. The van der Waals surface area contributed by atoms with Crippen molar-refractivity contribution in [2.45, 2.75) is 45.1 Å². The van der Waals surface area contributed by atoms with Crippen LogP contribution in [0, 0.1) is 5.41 Å². The normalized spacial score (nSPS) is 29.6. The molecule has 0 aromatic carbocycles. The predicted octanol–water partition coefficient (Wildman–Crippen LogP) is 1.87. The van der Waals surface area contributed by atoms with E-state index in [9.17, 15) is 0 Å². The minimum absolute atomic E-state index is 0.0299. The highest BCUT2D eigenvalue weighted by Gasteiger charge is 2.40. The van der Waals surface area contributed by atoms with Gasteiger partial charge < -0.3 is 5.73 Å². The molecule has 0 amide bonds. The average Bonchev–Trinajstić information content (AvgIpc) is 2.57. The fourth-order valence-corrected chi connectivity index (χ4v) is 2.79. The Bertz CT molecular complexity index is 354. The number of nitrogens with two attached hydrogens (primary N) is 1. The molecule has 1 saturated carbocycles. The molecule has 1 aromatic heterocycles. The van der Waals surface area contributed by atoms with Crippen molar-refractivity contribution >= 4 is 0 Å². The van der Waals surface area contributed by atoms with E-state index >= 15 is 0 Å². The molecule has 1 atom stereocenters. The maximum atomic E-state index is 6.43. The van der Waals surface area contributed by atoms with Crippen LogP contribution in [0.5, 0.6) is 0 Å². The molecule has 1 aromatic rings. The van der Waals surface area contributed by atoms with Crippen molar-refractivity contribution < 1.29 is 0 Å². The van der Waals surface area contributed by atoms with E-state index in [1.807, 2.05) is 17.9 Å². The molecular formula is C12H21N3. The fourth-order valence-electron chi connectivity index (χ4n) is 2.79. The second-order valence-electron chi connectivity index (χ2n) is 5.86. The maximum absolute atomic E-state index is 6.43. The predicted molar refractivity (Wildman–Crippen MR) is 61.5 cm³/mol. The Morgan fingerprint density at radius 1 is 1.47 bits per heavy atom. The number of aryl methyl sites for hydroxylation is 1. The summed E-state index contributed by atoms with van der Waals surface area (Å²) in [5, 5.41) is 4.40. The lowest BCUT2D eigenvalue weighted by molar-refractivity contribution is 0.332. The zero-order chi connectivity index (χ0) is 11.1. The highest BCUT2D eigenvalue weighted by Crippen LogP contribution is 2.43. The fraction of sp³-hybridized carbons (Fsp3) is 0.750. The molecule has 1 aliphatic carbocycles. The molecule has 2 rings (SSSR count). The van der Waals surface area contributed by atoms with E-state index in [-0.39, 0.29) is 5.54 Å². The lowest BCUT2D eigenvalue weighted by atomic mass is 9.86. The minimum atomic E-state index is -0.0299. The van der Waals surface area contributed by atoms with Crippen LogP contribution in [0.3, 0.4) is 0 Å². The average molecular weight is 207 g/mol. The molecule has 3 nitrogen and oxygen atoms in total. The summed E-state index contributed by atoms with van der Waals surface area (Å²) in [6, 6.07) is 2.07. The molecule has 0 saturated heterocycles. The summed E-state index contributed by atoms with van der Waals surface area (Å²) >= 11 is 0. The van der Waals surface area contributed by atoms with E-state index < -0.39 is 0 Å². The lowest BCUT2D eigenvalue weighted by Crippen LogP contribution is -2.40. The Balaban J connectivity index is 2.06. The van der Waals surface area contributed by atoms with Crippen molar-refractivity contribution in [1.29, 1.82) is 0 Å². The first-order valence-electron chi connectivity index (χ1n) is 5.66. The van der Waals surface area contributed by atoms with Gasteiger partial charge in [0.15, 0.2) is 0 Å². The molecule has 0 radical (unpaired) electrons. The third kappa shape index (κ3) is 2.40. The minimum Gasteiger partial charge on any atom is -0.325 e. The van der Waals surface area contributed by atoms with Gasteiger partial charge in [-0.1, -0.05) is 13.8 Å². The van der Waals surface area contributed by atoms with Crippen molar-refractivity contribution in [3.8, 4) is 0 Å². The van der Waals surface area contributed by atoms with Gasteiger partial charge >= 0.3 is 0 Å². The molecule has 3 heteroatoms. The van der Waals surface area contributed by atoms with Crippen LogP contribution in [0.1, 0.15) is 38.8 Å². The number of aromatic nitrogens is 2. The summed E-state index contributed by atoms with van der Waals surface area (Å²) in [6.45, 7) is 4.61. The molecule has 84 valence electrons. The van der Waals surface area contributed by atoms with E-state index in [2.05, 4.69) is 25.0 Å². The highest BCUT2D eigenvalue weighted by molar-refractivity contribution is 5.09. The topological polar surface area (TPSA) is 43.8 Å². The van der Waals surface area contributed by atoms with Crippen molar-refractivity contribution in [2.24, 2.45) is 18.2 Å². The quantitative estimate of drug-likeness (QED) is 0.804. The smallest absolute Gasteiger partial charge is 0.0642 e. The Hall–Kier alpha value is -0.830. The van der Waals surface area contributed by atoms with Crippen molar-refractivity contribution in [1.82, 2.24) is 9.78 Å². The number of hydrogen-bond acceptors (Lipinski definition) is 2. The maximum Gasteiger partial charge on any atom is 0.0642 e. The van der Waals surface area contributed by atoms with E-state index in [0.717, 1.165) is 25.0 Å². The molecule has 2 N–H and O–H groups in total. The molecule has 1 aliphatic rings. The van der Waals surface area contributed by atoms with Crippen molar-refractivity contribution in [3.63, 3.8) is 0 Å². The lowest BCUT2D eigenvalue weighted by Gasteiger charge is -2.25. The first-order valence-corrected chi connectivity index (χ1v) is 5.66. The summed E-state index contributed by atoms with van der Waals surface area (Å²) in [7, 11) is 1.95. The van der Waals surface area contributed by atoms with Gasteiger partial charge in [0.25, 0.3) is 0 Å². The van der Waals surface area contributed by atoms with Crippen molar-refractivity contribution in [2.75, 3.05) is 0 Å². The Morgan fingerprint density at radius 2 is 2.20 bits per heavy atom. The summed E-state index contributed by atoms with van der Waals surface area (Å²) in [5.74, 6) is 0. The highest BCUT2D eigenvalue weighted by atomic mass is 15.2. The number of hydrogen-bond donors (Lipinski definition) is 1. The van der Waals surface area contributed by atoms with Gasteiger partial charge in [-0.3, -0.25) is 4.68 Å². The van der Waals surface area contributed by atoms with Crippen LogP contribution >= 0.6 is 0 Å². The van der Waals surface area contributed by atoms with Gasteiger partial charge in [-0.25, -0.2) is 0 Å². The van der Waals surface area contributed by atoms with Crippen LogP contribution in [0.25, 0.3) is 0 Å². The standard InChI is InChI=1S/C12H21N3/c1-11(2)5-6-12(13,9-11)8-10-4-7-15(3)14-10/h4,7H,5-6,8-9,13H2,1-3H3. The van der Waals surface area contributed by atoms with E-state index in [1.165, 1.54) is 6.42 Å². The summed E-state index contributed by atoms with van der Waals surface area (Å²) in [4.78, 5) is 0. The van der Waals surface area contributed by atoms with Crippen LogP contribution in [0.4, 0.5) is 0 Å². The first kappa shape index (κ1) is 10.7. The van der Waals surface area contributed by atoms with Gasteiger partial charge in [-0.05, 0) is 30.7 Å². The number of nitrogens with zero attached hydrogens (tertiary/aromatic N) is 2. The largest absolute Gasteiger partial charge is 0.325 e. The molecule has 0 spiro atoms. The molecule has 1 fully saturated rings. The van der Waals surface area contributed by atoms with Crippen LogP contribution in [-0.4, -0.2) is 15.3 Å². The SMILES string of the molecule is Cn1ccc(CC2(N)CCC(C)(C)C2)n1. The Kier molecular flexibility index (Phi) is 2.38. The second kappa shape index (κ2) is 3.34. The third-order valence-corrected chi connectivity index (χ3v) is 3.43. The van der Waals surface area contributed by atoms with Crippen LogP contribution < -0.4 is 5.73 Å². The molecule has 0 bridgehead atoms. The molecule has 15 heavy (non-hydrogen) atoms. The molecule has 1 unspecified atom stereocenters. The van der Waals surface area contributed by atoms with Crippen molar-refractivity contribution in [3.05, 3.63) is 18.0 Å². The van der Waals surface area contributed by atoms with E-state index in [1.54, 1.807) is 0 Å². The van der Waals surface area contributed by atoms with Gasteiger partial charge in [0.05, 0.1) is 5.69 Å². The zero-order valence-corrected chi connectivity index (χ0v) is 9.95. The number of rotatable bonds is 2. The van der Waals surface area contributed by atoms with Gasteiger partial charge in [-0.15, -0.1) is 0 Å². The third-order valence-electron chi connectivity index (χ3n) is 3.43. The second-order valence-corrected chi connectivity index (χ2v) is 5.86. The van der Waals surface area contributed by atoms with Gasteiger partial charge in [0.2, 0.25) is 0 Å². The van der Waals surface area contributed by atoms with Gasteiger partial charge in [0.1, 0.15) is 0 Å². The summed E-state index contributed by atoms with van der Waals surface area (Å²) < 4.78 is 1.85. The summed E-state index contributed by atoms with van der Waals surface area (Å²) in [5.41, 5.74) is 7.93. The van der Waals surface area contributed by atoms with Gasteiger partial charge in [0, 0.05) is 25.2 Å². The van der Waals surface area contributed by atoms with Crippen LogP contribution in [0.15, 0.2) is 12.3 Å².